The summed E-state index contributed by atoms with van der Waals surface area (Å²) in [5.74, 6) is 0. The summed E-state index contributed by atoms with van der Waals surface area (Å²) in [4.78, 5) is 0. The topological polar surface area (TPSA) is 24.1 Å². The van der Waals surface area contributed by atoms with Crippen molar-refractivity contribution in [3.05, 3.63) is 28.2 Å². The Kier molecular flexibility index (Phi) is 3.66. The second-order valence-corrected chi connectivity index (χ2v) is 3.17. The summed E-state index contributed by atoms with van der Waals surface area (Å²) in [6.45, 7) is 0.667. The van der Waals surface area contributed by atoms with Crippen molar-refractivity contribution < 1.29 is 0 Å². The number of benzene rings is 1. The highest BCUT2D eigenvalue weighted by Gasteiger charge is 1.98. The highest BCUT2D eigenvalue weighted by atomic mass is 35.5. The minimum atomic E-state index is 0.667. The van der Waals surface area contributed by atoms with Crippen LogP contribution in [-0.2, 0) is 0 Å². The van der Waals surface area contributed by atoms with Crippen LogP contribution in [0.1, 0.15) is 0 Å². The Balaban J connectivity index is 2.75. The lowest BCUT2D eigenvalue weighted by molar-refractivity contribution is 0.874. The number of hydrogen-bond acceptors (Lipinski definition) is 2. The third-order valence-corrected chi connectivity index (χ3v) is 1.95. The lowest BCUT2D eigenvalue weighted by Crippen LogP contribution is -2.16. The van der Waals surface area contributed by atoms with Crippen molar-refractivity contribution >= 4 is 28.9 Å². The molecule has 2 N–H and O–H groups in total. The molecule has 1 aromatic rings. The van der Waals surface area contributed by atoms with Crippen LogP contribution in [-0.4, -0.2) is 13.7 Å². The SMILES string of the molecule is CNCNc1cc(Cl)ccc1Cl. The van der Waals surface area contributed by atoms with Gasteiger partial charge < -0.3 is 10.6 Å². The number of hydrogen-bond donors (Lipinski definition) is 2. The fraction of sp³-hybridized carbons (Fsp3) is 0.250. The molecule has 0 saturated heterocycles. The molecule has 12 heavy (non-hydrogen) atoms. The van der Waals surface area contributed by atoms with Gasteiger partial charge in [-0.2, -0.15) is 0 Å². The molecule has 2 nitrogen and oxygen atoms in total. The van der Waals surface area contributed by atoms with Gasteiger partial charge in [-0.05, 0) is 25.2 Å². The maximum atomic E-state index is 5.88. The van der Waals surface area contributed by atoms with Crippen LogP contribution in [0.2, 0.25) is 10.0 Å². The van der Waals surface area contributed by atoms with Crippen molar-refractivity contribution in [2.75, 3.05) is 19.0 Å². The molecule has 1 aromatic carbocycles. The molecule has 0 atom stereocenters. The van der Waals surface area contributed by atoms with E-state index in [1.54, 1.807) is 18.2 Å². The van der Waals surface area contributed by atoms with Gasteiger partial charge in [-0.25, -0.2) is 0 Å². The molecule has 4 heteroatoms. The summed E-state index contributed by atoms with van der Waals surface area (Å²) in [5, 5.41) is 7.38. The quantitative estimate of drug-likeness (QED) is 0.741. The monoisotopic (exact) mass is 204 g/mol. The lowest BCUT2D eigenvalue weighted by atomic mass is 10.3. The van der Waals surface area contributed by atoms with Crippen LogP contribution in [0.15, 0.2) is 18.2 Å². The first-order valence-corrected chi connectivity index (χ1v) is 4.33. The molecule has 1 rings (SSSR count). The molecule has 0 unspecified atom stereocenters. The first-order chi connectivity index (χ1) is 5.74. The highest BCUT2D eigenvalue weighted by molar-refractivity contribution is 6.35. The van der Waals surface area contributed by atoms with E-state index in [9.17, 15) is 0 Å². The van der Waals surface area contributed by atoms with Crippen LogP contribution in [0.4, 0.5) is 5.69 Å². The average Bonchev–Trinajstić information content (AvgIpc) is 2.07. The normalized spacial score (nSPS) is 9.92. The predicted molar refractivity (Wildman–Crippen MR) is 54.0 cm³/mol. The van der Waals surface area contributed by atoms with E-state index >= 15 is 0 Å². The van der Waals surface area contributed by atoms with E-state index in [4.69, 9.17) is 23.2 Å². The van der Waals surface area contributed by atoms with Gasteiger partial charge in [-0.1, -0.05) is 23.2 Å². The van der Waals surface area contributed by atoms with Gasteiger partial charge in [0.25, 0.3) is 0 Å². The van der Waals surface area contributed by atoms with Gasteiger partial charge in [-0.3, -0.25) is 0 Å². The van der Waals surface area contributed by atoms with Crippen LogP contribution in [0.5, 0.6) is 0 Å². The van der Waals surface area contributed by atoms with E-state index < -0.39 is 0 Å². The molecule has 0 aromatic heterocycles. The van der Waals surface area contributed by atoms with Crippen molar-refractivity contribution in [2.45, 2.75) is 0 Å². The lowest BCUT2D eigenvalue weighted by Gasteiger charge is -2.07. The summed E-state index contributed by atoms with van der Waals surface area (Å²) < 4.78 is 0. The van der Waals surface area contributed by atoms with Gasteiger partial charge in [0.2, 0.25) is 0 Å². The number of rotatable bonds is 3. The molecule has 0 fully saturated rings. The van der Waals surface area contributed by atoms with Gasteiger partial charge in [0, 0.05) is 5.02 Å². The van der Waals surface area contributed by atoms with Crippen LogP contribution >= 0.6 is 23.2 Å². The first kappa shape index (κ1) is 9.65. The summed E-state index contributed by atoms with van der Waals surface area (Å²) >= 11 is 11.7. The zero-order valence-corrected chi connectivity index (χ0v) is 8.21. The smallest absolute Gasteiger partial charge is 0.0651 e. The summed E-state index contributed by atoms with van der Waals surface area (Å²) in [5.41, 5.74) is 0.846. The number of halogens is 2. The summed E-state index contributed by atoms with van der Waals surface area (Å²) in [6, 6.07) is 5.32. The maximum absolute atomic E-state index is 5.88. The largest absolute Gasteiger partial charge is 0.371 e. The van der Waals surface area contributed by atoms with E-state index in [0.717, 1.165) is 5.69 Å². The molecule has 0 saturated carbocycles. The van der Waals surface area contributed by atoms with Crippen molar-refractivity contribution in [3.8, 4) is 0 Å². The molecule has 0 amide bonds. The zero-order valence-electron chi connectivity index (χ0n) is 6.70. The number of anilines is 1. The van der Waals surface area contributed by atoms with E-state index in [2.05, 4.69) is 10.6 Å². The Labute approximate surface area is 81.9 Å². The van der Waals surface area contributed by atoms with Crippen molar-refractivity contribution in [1.29, 1.82) is 0 Å². The van der Waals surface area contributed by atoms with Gasteiger partial charge in [0.15, 0.2) is 0 Å². The predicted octanol–water partition coefficient (Wildman–Crippen LogP) is 2.58. The van der Waals surface area contributed by atoms with Gasteiger partial charge in [0.05, 0.1) is 17.4 Å². The Hall–Kier alpha value is -0.440. The van der Waals surface area contributed by atoms with E-state index in [0.29, 0.717) is 16.7 Å². The molecule has 0 radical (unpaired) electrons. The van der Waals surface area contributed by atoms with Crippen LogP contribution in [0, 0.1) is 0 Å². The van der Waals surface area contributed by atoms with Crippen molar-refractivity contribution in [1.82, 2.24) is 5.32 Å². The Bertz CT molecular complexity index is 263. The average molecular weight is 205 g/mol. The molecule has 0 aliphatic carbocycles. The highest BCUT2D eigenvalue weighted by Crippen LogP contribution is 2.24. The second kappa shape index (κ2) is 4.55. The third kappa shape index (κ3) is 2.55. The van der Waals surface area contributed by atoms with Crippen LogP contribution in [0.3, 0.4) is 0 Å². The van der Waals surface area contributed by atoms with Crippen molar-refractivity contribution in [2.24, 2.45) is 0 Å². The standard InChI is InChI=1S/C8H10Cl2N2/c1-11-5-12-8-4-6(9)2-3-7(8)10/h2-4,11-12H,5H2,1H3. The maximum Gasteiger partial charge on any atom is 0.0651 e. The summed E-state index contributed by atoms with van der Waals surface area (Å²) in [6.07, 6.45) is 0. The van der Waals surface area contributed by atoms with Gasteiger partial charge >= 0.3 is 0 Å². The number of nitrogens with one attached hydrogen (secondary N) is 2. The van der Waals surface area contributed by atoms with Crippen LogP contribution < -0.4 is 10.6 Å². The molecule has 0 spiro atoms. The zero-order chi connectivity index (χ0) is 8.97. The third-order valence-electron chi connectivity index (χ3n) is 1.38. The summed E-state index contributed by atoms with van der Waals surface area (Å²) in [7, 11) is 1.85. The Morgan fingerprint density at radius 1 is 1.33 bits per heavy atom. The van der Waals surface area contributed by atoms with Gasteiger partial charge in [0.1, 0.15) is 0 Å². The minimum Gasteiger partial charge on any atom is -0.371 e. The van der Waals surface area contributed by atoms with E-state index in [-0.39, 0.29) is 0 Å². The molecule has 0 bridgehead atoms. The molecule has 66 valence electrons. The molecule has 0 aliphatic rings. The van der Waals surface area contributed by atoms with E-state index in [1.807, 2.05) is 7.05 Å². The van der Waals surface area contributed by atoms with Crippen molar-refractivity contribution in [3.63, 3.8) is 0 Å². The molecule has 0 aliphatic heterocycles. The fourth-order valence-corrected chi connectivity index (χ4v) is 1.17. The Morgan fingerprint density at radius 2 is 2.08 bits per heavy atom. The minimum absolute atomic E-state index is 0.667. The second-order valence-electron chi connectivity index (χ2n) is 2.33. The van der Waals surface area contributed by atoms with Crippen LogP contribution in [0.25, 0.3) is 0 Å². The molecule has 0 heterocycles. The Morgan fingerprint density at radius 3 is 2.75 bits per heavy atom. The first-order valence-electron chi connectivity index (χ1n) is 3.57. The molecular formula is C8H10Cl2N2. The van der Waals surface area contributed by atoms with E-state index in [1.165, 1.54) is 0 Å². The molecular weight excluding hydrogens is 195 g/mol. The van der Waals surface area contributed by atoms with Gasteiger partial charge in [-0.15, -0.1) is 0 Å². The fourth-order valence-electron chi connectivity index (χ4n) is 0.817.